The molecule has 3 aromatic rings. The van der Waals surface area contributed by atoms with Gasteiger partial charge in [-0.2, -0.15) is 0 Å². The Bertz CT molecular complexity index is 1060. The van der Waals surface area contributed by atoms with Gasteiger partial charge in [0.1, 0.15) is 0 Å². The van der Waals surface area contributed by atoms with Crippen molar-refractivity contribution in [1.82, 2.24) is 4.98 Å². The van der Waals surface area contributed by atoms with Crippen LogP contribution in [0.1, 0.15) is 34.2 Å². The van der Waals surface area contributed by atoms with E-state index in [-0.39, 0.29) is 12.3 Å². The largest absolute Gasteiger partial charge is 0.481 e. The van der Waals surface area contributed by atoms with E-state index in [0.29, 0.717) is 5.13 Å². The summed E-state index contributed by atoms with van der Waals surface area (Å²) in [7, 11) is 0. The highest BCUT2D eigenvalue weighted by Crippen LogP contribution is 2.28. The quantitative estimate of drug-likeness (QED) is 0.472. The van der Waals surface area contributed by atoms with Gasteiger partial charge >= 0.3 is 5.97 Å². The van der Waals surface area contributed by atoms with Crippen LogP contribution in [0.15, 0.2) is 53.4 Å². The first kappa shape index (κ1) is 21.8. The summed E-state index contributed by atoms with van der Waals surface area (Å²) in [5.74, 6) is -0.995. The van der Waals surface area contributed by atoms with Crippen LogP contribution in [0, 0.1) is 0 Å². The van der Waals surface area contributed by atoms with Gasteiger partial charge in [-0.05, 0) is 41.2 Å². The Hall–Kier alpha value is -2.90. The molecule has 2 aromatic carbocycles. The highest BCUT2D eigenvalue weighted by Gasteiger charge is 2.11. The van der Waals surface area contributed by atoms with Crippen LogP contribution in [0.25, 0.3) is 12.2 Å². The molecular formula is C23H22N2O3S2. The predicted octanol–water partition coefficient (Wildman–Crippen LogP) is 5.21. The van der Waals surface area contributed by atoms with Crippen molar-refractivity contribution in [1.29, 1.82) is 0 Å². The molecule has 0 saturated carbocycles. The predicted molar refractivity (Wildman–Crippen MR) is 124 cm³/mol. The number of carboxylic acid groups (broad SMARTS) is 1. The lowest BCUT2D eigenvalue weighted by molar-refractivity contribution is -0.136. The fourth-order valence-corrected chi connectivity index (χ4v) is 4.29. The molecule has 154 valence electrons. The number of hydrogen-bond acceptors (Lipinski definition) is 5. The van der Waals surface area contributed by atoms with Crippen molar-refractivity contribution in [3.63, 3.8) is 0 Å². The number of anilines is 1. The number of nitrogens with one attached hydrogen (secondary N) is 1. The Balaban J connectivity index is 1.82. The molecule has 0 radical (unpaired) electrons. The zero-order valence-corrected chi connectivity index (χ0v) is 18.3. The van der Waals surface area contributed by atoms with Gasteiger partial charge in [-0.3, -0.25) is 9.59 Å². The molecule has 0 aliphatic heterocycles. The third kappa shape index (κ3) is 6.30. The van der Waals surface area contributed by atoms with Crippen LogP contribution in [0.5, 0.6) is 0 Å². The molecule has 5 nitrogen and oxygen atoms in total. The van der Waals surface area contributed by atoms with Crippen LogP contribution < -0.4 is 5.32 Å². The van der Waals surface area contributed by atoms with Crippen molar-refractivity contribution >= 4 is 52.3 Å². The molecular weight excluding hydrogens is 416 g/mol. The summed E-state index contributed by atoms with van der Waals surface area (Å²) in [4.78, 5) is 29.1. The maximum Gasteiger partial charge on any atom is 0.307 e. The molecule has 3 rings (SSSR count). The number of carbonyl (C=O) groups excluding carboxylic acids is 1. The van der Waals surface area contributed by atoms with E-state index in [1.165, 1.54) is 28.7 Å². The Morgan fingerprint density at radius 3 is 2.33 bits per heavy atom. The van der Waals surface area contributed by atoms with E-state index in [9.17, 15) is 9.59 Å². The summed E-state index contributed by atoms with van der Waals surface area (Å²) >= 11 is 3.18. The van der Waals surface area contributed by atoms with Gasteiger partial charge < -0.3 is 10.4 Å². The molecule has 0 aliphatic rings. The standard InChI is InChI=1S/C23H22N2O3S2/c1-15(26)24-23-25-20(12-9-16-3-5-18(6-4-16)14-22(27)28)21(30-23)13-17-7-10-19(29-2)11-8-17/h3-12H,13-14H2,1-2H3,(H,27,28)(H,24,25,26)/b12-9-. The molecule has 30 heavy (non-hydrogen) atoms. The normalized spacial score (nSPS) is 11.0. The summed E-state index contributed by atoms with van der Waals surface area (Å²) in [6, 6.07) is 15.8. The molecule has 2 N–H and O–H groups in total. The fourth-order valence-electron chi connectivity index (χ4n) is 2.85. The number of aliphatic carboxylic acids is 1. The smallest absolute Gasteiger partial charge is 0.307 e. The van der Waals surface area contributed by atoms with Crippen LogP contribution in [0.2, 0.25) is 0 Å². The van der Waals surface area contributed by atoms with Crippen molar-refractivity contribution in [2.75, 3.05) is 11.6 Å². The Kier molecular flexibility index (Phi) is 7.43. The fraction of sp³-hybridized carbons (Fsp3) is 0.174. The van der Waals surface area contributed by atoms with E-state index in [2.05, 4.69) is 40.8 Å². The van der Waals surface area contributed by atoms with Crippen LogP contribution in [-0.2, 0) is 22.4 Å². The summed E-state index contributed by atoms with van der Waals surface area (Å²) in [6.45, 7) is 1.47. The number of hydrogen-bond donors (Lipinski definition) is 2. The average Bonchev–Trinajstić information content (AvgIpc) is 3.08. The van der Waals surface area contributed by atoms with Gasteiger partial charge in [-0.1, -0.05) is 42.5 Å². The lowest BCUT2D eigenvalue weighted by Gasteiger charge is -2.02. The van der Waals surface area contributed by atoms with Gasteiger partial charge in [-0.25, -0.2) is 4.98 Å². The maximum atomic E-state index is 11.4. The number of benzene rings is 2. The number of rotatable bonds is 8. The van der Waals surface area contributed by atoms with Gasteiger partial charge in [0.25, 0.3) is 0 Å². The summed E-state index contributed by atoms with van der Waals surface area (Å²) in [5, 5.41) is 12.2. The summed E-state index contributed by atoms with van der Waals surface area (Å²) in [6.07, 6.45) is 6.66. The highest BCUT2D eigenvalue weighted by molar-refractivity contribution is 7.98. The number of nitrogens with zero attached hydrogens (tertiary/aromatic N) is 1. The Morgan fingerprint density at radius 1 is 1.07 bits per heavy atom. The van der Waals surface area contributed by atoms with Crippen molar-refractivity contribution < 1.29 is 14.7 Å². The molecule has 0 atom stereocenters. The first-order valence-electron chi connectivity index (χ1n) is 9.32. The van der Waals surface area contributed by atoms with E-state index < -0.39 is 5.97 Å². The minimum absolute atomic E-state index is 0.00956. The van der Waals surface area contributed by atoms with Crippen LogP contribution in [0.3, 0.4) is 0 Å². The van der Waals surface area contributed by atoms with Crippen molar-refractivity contribution in [2.45, 2.75) is 24.7 Å². The highest BCUT2D eigenvalue weighted by atomic mass is 32.2. The van der Waals surface area contributed by atoms with Gasteiger partial charge in [0.2, 0.25) is 5.91 Å². The molecule has 0 saturated heterocycles. The molecule has 0 bridgehead atoms. The molecule has 0 unspecified atom stereocenters. The monoisotopic (exact) mass is 438 g/mol. The molecule has 0 aliphatic carbocycles. The molecule has 0 fully saturated rings. The average molecular weight is 439 g/mol. The third-order valence-corrected chi connectivity index (χ3v) is 6.03. The molecule has 1 amide bonds. The number of carbonyl (C=O) groups is 2. The second kappa shape index (κ2) is 10.2. The lowest BCUT2D eigenvalue weighted by atomic mass is 10.1. The summed E-state index contributed by atoms with van der Waals surface area (Å²) in [5.41, 5.74) is 3.70. The zero-order valence-electron chi connectivity index (χ0n) is 16.7. The summed E-state index contributed by atoms with van der Waals surface area (Å²) < 4.78 is 0. The van der Waals surface area contributed by atoms with Crippen LogP contribution in [0.4, 0.5) is 5.13 Å². The number of thiazole rings is 1. The van der Waals surface area contributed by atoms with Gasteiger partial charge in [0.15, 0.2) is 5.13 Å². The second-order valence-corrected chi connectivity index (χ2v) is 8.64. The second-order valence-electron chi connectivity index (χ2n) is 6.68. The molecule has 1 aromatic heterocycles. The van der Waals surface area contributed by atoms with Crippen LogP contribution >= 0.6 is 23.1 Å². The minimum Gasteiger partial charge on any atom is -0.481 e. The van der Waals surface area contributed by atoms with Crippen molar-refractivity contribution in [2.24, 2.45) is 0 Å². The molecule has 1 heterocycles. The number of amides is 1. The topological polar surface area (TPSA) is 79.3 Å². The van der Waals surface area contributed by atoms with E-state index in [0.717, 1.165) is 28.1 Å². The first-order valence-corrected chi connectivity index (χ1v) is 11.4. The van der Waals surface area contributed by atoms with E-state index in [1.807, 2.05) is 36.4 Å². The van der Waals surface area contributed by atoms with Gasteiger partial charge in [0, 0.05) is 23.1 Å². The maximum absolute atomic E-state index is 11.4. The van der Waals surface area contributed by atoms with E-state index in [1.54, 1.807) is 11.8 Å². The van der Waals surface area contributed by atoms with Gasteiger partial charge in [0.05, 0.1) is 12.1 Å². The minimum atomic E-state index is -0.846. The zero-order chi connectivity index (χ0) is 21.5. The molecule has 7 heteroatoms. The van der Waals surface area contributed by atoms with Crippen molar-refractivity contribution in [3.05, 3.63) is 75.8 Å². The van der Waals surface area contributed by atoms with Gasteiger partial charge in [-0.15, -0.1) is 23.1 Å². The Labute approximate surface area is 183 Å². The Morgan fingerprint density at radius 2 is 1.73 bits per heavy atom. The number of carboxylic acids is 1. The van der Waals surface area contributed by atoms with E-state index >= 15 is 0 Å². The van der Waals surface area contributed by atoms with Crippen LogP contribution in [-0.4, -0.2) is 28.2 Å². The number of thioether (sulfide) groups is 1. The lowest BCUT2D eigenvalue weighted by Crippen LogP contribution is -2.04. The third-order valence-electron chi connectivity index (χ3n) is 4.30. The molecule has 0 spiro atoms. The van der Waals surface area contributed by atoms with E-state index in [4.69, 9.17) is 5.11 Å². The SMILES string of the molecule is CSc1ccc(Cc2sc(NC(C)=O)nc2/C=C\c2ccc(CC(=O)O)cc2)cc1. The first-order chi connectivity index (χ1) is 14.4. The number of aromatic nitrogens is 1. The van der Waals surface area contributed by atoms with Crippen molar-refractivity contribution in [3.8, 4) is 0 Å².